The molecule has 0 spiro atoms. The molecule has 4 rings (SSSR count). The lowest BCUT2D eigenvalue weighted by Crippen LogP contribution is -2.24. The number of rotatable bonds is 0. The Morgan fingerprint density at radius 1 is 1.37 bits per heavy atom. The second-order valence-corrected chi connectivity index (χ2v) is 4.43. The first-order valence-corrected chi connectivity index (χ1v) is 6.02. The summed E-state index contributed by atoms with van der Waals surface area (Å²) in [5.74, 6) is 1.41. The van der Waals surface area contributed by atoms with E-state index in [1.807, 2.05) is 11.0 Å². The van der Waals surface area contributed by atoms with Crippen molar-refractivity contribution in [1.82, 2.24) is 10.5 Å². The zero-order chi connectivity index (χ0) is 12.8. The topological polar surface area (TPSA) is 66.8 Å². The van der Waals surface area contributed by atoms with Crippen LogP contribution in [0, 0.1) is 0 Å². The van der Waals surface area contributed by atoms with Crippen LogP contribution in [0.1, 0.15) is 11.3 Å². The first kappa shape index (κ1) is 10.3. The van der Waals surface area contributed by atoms with Crippen LogP contribution in [-0.2, 0) is 11.3 Å². The van der Waals surface area contributed by atoms with Gasteiger partial charge in [0.2, 0.25) is 0 Å². The molecular formula is C13H10N4O2. The van der Waals surface area contributed by atoms with Gasteiger partial charge in [-0.1, -0.05) is 0 Å². The molecule has 0 unspecified atom stereocenters. The minimum atomic E-state index is -0.215. The lowest BCUT2D eigenvalue weighted by atomic mass is 10.2. The predicted octanol–water partition coefficient (Wildman–Crippen LogP) is 0.454. The molecule has 6 nitrogen and oxygen atoms in total. The fourth-order valence-electron chi connectivity index (χ4n) is 2.52. The van der Waals surface area contributed by atoms with Crippen molar-refractivity contribution >= 4 is 11.9 Å². The van der Waals surface area contributed by atoms with Gasteiger partial charge in [-0.25, -0.2) is 15.5 Å². The predicted molar refractivity (Wildman–Crippen MR) is 69.5 cm³/mol. The van der Waals surface area contributed by atoms with E-state index in [4.69, 9.17) is 4.84 Å². The van der Waals surface area contributed by atoms with Crippen molar-refractivity contribution < 1.29 is 4.84 Å². The molecule has 4 heterocycles. The van der Waals surface area contributed by atoms with Crippen molar-refractivity contribution in [3.63, 3.8) is 0 Å². The van der Waals surface area contributed by atoms with E-state index in [9.17, 15) is 4.79 Å². The molecular weight excluding hydrogens is 244 g/mol. The number of hydroxylamine groups is 1. The average molecular weight is 254 g/mol. The van der Waals surface area contributed by atoms with Gasteiger partial charge in [0.1, 0.15) is 0 Å². The second-order valence-electron chi connectivity index (χ2n) is 4.43. The van der Waals surface area contributed by atoms with Gasteiger partial charge in [-0.15, -0.1) is 0 Å². The number of hydrogen-bond acceptors (Lipinski definition) is 6. The highest BCUT2D eigenvalue weighted by molar-refractivity contribution is 5.93. The summed E-state index contributed by atoms with van der Waals surface area (Å²) in [7, 11) is 0. The van der Waals surface area contributed by atoms with Crippen molar-refractivity contribution in [1.29, 1.82) is 0 Å². The quantitative estimate of drug-likeness (QED) is 0.728. The highest BCUT2D eigenvalue weighted by atomic mass is 16.7. The summed E-state index contributed by atoms with van der Waals surface area (Å²) < 4.78 is 0. The molecule has 0 fully saturated rings. The minimum Gasteiger partial charge on any atom is -0.379 e. The van der Waals surface area contributed by atoms with Gasteiger partial charge in [-0.2, -0.15) is 0 Å². The SMILES string of the molecule is O=c1ccc2c3c(n1)CCN3C(=C1C=CNO1)N=C2. The van der Waals surface area contributed by atoms with Gasteiger partial charge in [0.05, 0.1) is 11.4 Å². The maximum absolute atomic E-state index is 11.5. The molecule has 6 heteroatoms. The van der Waals surface area contributed by atoms with E-state index < -0.39 is 0 Å². The molecule has 3 aliphatic heterocycles. The molecule has 0 aromatic carbocycles. The fourth-order valence-corrected chi connectivity index (χ4v) is 2.52. The Hall–Kier alpha value is -2.63. The Bertz CT molecular complexity index is 721. The Labute approximate surface area is 108 Å². The van der Waals surface area contributed by atoms with Gasteiger partial charge < -0.3 is 9.74 Å². The number of aromatic nitrogens is 1. The number of aliphatic imine (C=N–C) groups is 1. The molecule has 0 aliphatic carbocycles. The van der Waals surface area contributed by atoms with E-state index in [2.05, 4.69) is 15.5 Å². The third-order valence-corrected chi connectivity index (χ3v) is 3.31. The molecule has 0 radical (unpaired) electrons. The van der Waals surface area contributed by atoms with Crippen molar-refractivity contribution in [2.45, 2.75) is 6.42 Å². The monoisotopic (exact) mass is 254 g/mol. The number of allylic oxidation sites excluding steroid dienone is 1. The third kappa shape index (κ3) is 1.46. The maximum Gasteiger partial charge on any atom is 0.270 e. The van der Waals surface area contributed by atoms with E-state index in [0.29, 0.717) is 5.76 Å². The number of nitrogens with zero attached hydrogens (tertiary/aromatic N) is 3. The maximum atomic E-state index is 11.5. The zero-order valence-electron chi connectivity index (χ0n) is 9.96. The van der Waals surface area contributed by atoms with Gasteiger partial charge in [-0.05, 0) is 6.07 Å². The first-order chi connectivity index (χ1) is 9.33. The number of nitrogens with one attached hydrogen (secondary N) is 1. The normalized spacial score (nSPS) is 22.2. The van der Waals surface area contributed by atoms with Crippen LogP contribution in [0.25, 0.3) is 0 Å². The van der Waals surface area contributed by atoms with Gasteiger partial charge in [-0.3, -0.25) is 4.79 Å². The minimum absolute atomic E-state index is 0.215. The number of anilines is 1. The van der Waals surface area contributed by atoms with Crippen molar-refractivity contribution in [3.8, 4) is 0 Å². The van der Waals surface area contributed by atoms with Crippen LogP contribution < -0.4 is 15.9 Å². The Morgan fingerprint density at radius 3 is 3.16 bits per heavy atom. The molecule has 1 aromatic heterocycles. The van der Waals surface area contributed by atoms with E-state index in [0.717, 1.165) is 35.7 Å². The number of hydrogen-bond donors (Lipinski definition) is 1. The molecule has 0 bridgehead atoms. The van der Waals surface area contributed by atoms with Crippen LogP contribution in [0.15, 0.2) is 45.8 Å². The lowest BCUT2D eigenvalue weighted by Gasteiger charge is -2.24. The average Bonchev–Trinajstić information content (AvgIpc) is 3.03. The van der Waals surface area contributed by atoms with Crippen LogP contribution >= 0.6 is 0 Å². The van der Waals surface area contributed by atoms with E-state index >= 15 is 0 Å². The van der Waals surface area contributed by atoms with Gasteiger partial charge in [0.25, 0.3) is 5.56 Å². The van der Waals surface area contributed by atoms with Gasteiger partial charge in [0, 0.05) is 43.1 Å². The summed E-state index contributed by atoms with van der Waals surface area (Å²) >= 11 is 0. The molecule has 1 N–H and O–H groups in total. The molecule has 1 aromatic rings. The molecule has 0 atom stereocenters. The zero-order valence-corrected chi connectivity index (χ0v) is 9.96. The summed E-state index contributed by atoms with van der Waals surface area (Å²) in [6, 6.07) is 3.24. The van der Waals surface area contributed by atoms with Gasteiger partial charge >= 0.3 is 0 Å². The Morgan fingerprint density at radius 2 is 2.32 bits per heavy atom. The van der Waals surface area contributed by atoms with E-state index in [1.165, 1.54) is 6.07 Å². The van der Waals surface area contributed by atoms with Crippen LogP contribution in [0.3, 0.4) is 0 Å². The highest BCUT2D eigenvalue weighted by Crippen LogP contribution is 2.36. The van der Waals surface area contributed by atoms with Crippen LogP contribution in [0.4, 0.5) is 5.69 Å². The Kier molecular flexibility index (Phi) is 2.00. The fraction of sp³-hybridized carbons (Fsp3) is 0.154. The molecule has 0 amide bonds. The molecule has 94 valence electrons. The first-order valence-electron chi connectivity index (χ1n) is 6.02. The highest BCUT2D eigenvalue weighted by Gasteiger charge is 2.30. The van der Waals surface area contributed by atoms with Gasteiger partial charge in [0.15, 0.2) is 11.6 Å². The summed E-state index contributed by atoms with van der Waals surface area (Å²) in [5, 5.41) is 0. The molecule has 0 saturated carbocycles. The Balaban J connectivity index is 1.97. The summed E-state index contributed by atoms with van der Waals surface area (Å²) in [4.78, 5) is 27.4. The lowest BCUT2D eigenvalue weighted by molar-refractivity contribution is 0.167. The molecule has 3 aliphatic rings. The van der Waals surface area contributed by atoms with E-state index in [-0.39, 0.29) is 5.56 Å². The van der Waals surface area contributed by atoms with Crippen molar-refractivity contribution in [3.05, 3.63) is 57.6 Å². The molecule has 0 saturated heterocycles. The van der Waals surface area contributed by atoms with Crippen molar-refractivity contribution in [2.24, 2.45) is 4.99 Å². The second kappa shape index (κ2) is 3.68. The summed E-state index contributed by atoms with van der Waals surface area (Å²) in [6.45, 7) is 0.756. The smallest absolute Gasteiger partial charge is 0.270 e. The third-order valence-electron chi connectivity index (χ3n) is 3.31. The molecule has 19 heavy (non-hydrogen) atoms. The summed E-state index contributed by atoms with van der Waals surface area (Å²) in [5.41, 5.74) is 5.15. The van der Waals surface area contributed by atoms with E-state index in [1.54, 1.807) is 18.5 Å². The van der Waals surface area contributed by atoms with Crippen LogP contribution in [-0.4, -0.2) is 17.7 Å². The largest absolute Gasteiger partial charge is 0.379 e. The summed E-state index contributed by atoms with van der Waals surface area (Å²) in [6.07, 6.45) is 6.03. The van der Waals surface area contributed by atoms with Crippen LogP contribution in [0.2, 0.25) is 0 Å². The van der Waals surface area contributed by atoms with Crippen LogP contribution in [0.5, 0.6) is 0 Å². The van der Waals surface area contributed by atoms with Crippen molar-refractivity contribution in [2.75, 3.05) is 11.4 Å². The standard InChI is InChI=1S/C13H10N4O2/c18-11-2-1-8-7-14-13(10-3-5-15-19-10)17-6-4-9(16-11)12(8)17/h1-3,5,7,15H,4,6H2.